The van der Waals surface area contributed by atoms with Crippen molar-refractivity contribution in [3.63, 3.8) is 0 Å². The van der Waals surface area contributed by atoms with Gasteiger partial charge in [-0.1, -0.05) is 31.7 Å². The molecule has 1 unspecified atom stereocenters. The van der Waals surface area contributed by atoms with Crippen molar-refractivity contribution >= 4 is 11.4 Å². The second kappa shape index (κ2) is 3.79. The largest absolute Gasteiger partial charge is 0.253 e. The minimum atomic E-state index is 0.572. The van der Waals surface area contributed by atoms with Gasteiger partial charge >= 0.3 is 0 Å². The summed E-state index contributed by atoms with van der Waals surface area (Å²) in [6.07, 6.45) is 2.30. The lowest BCUT2D eigenvalue weighted by molar-refractivity contribution is 0.741. The summed E-state index contributed by atoms with van der Waals surface area (Å²) < 4.78 is 0. The lowest BCUT2D eigenvalue weighted by Crippen LogP contribution is -2.02. The maximum atomic E-state index is 4.64. The van der Waals surface area contributed by atoms with Gasteiger partial charge in [0.25, 0.3) is 0 Å². The molecule has 1 saturated carbocycles. The van der Waals surface area contributed by atoms with Gasteiger partial charge in [-0.05, 0) is 36.5 Å². The monoisotopic (exact) mass is 185 g/mol. The molecule has 0 aliphatic heterocycles. The Balaban J connectivity index is 2.30. The molecule has 1 atom stereocenters. The highest BCUT2D eigenvalue weighted by atomic mass is 14.8. The van der Waals surface area contributed by atoms with Crippen molar-refractivity contribution in [1.82, 2.24) is 0 Å². The van der Waals surface area contributed by atoms with Gasteiger partial charge in [-0.2, -0.15) is 0 Å². The van der Waals surface area contributed by atoms with Crippen LogP contribution in [0.4, 0.5) is 5.69 Å². The summed E-state index contributed by atoms with van der Waals surface area (Å²) in [5.41, 5.74) is 3.44. The minimum Gasteiger partial charge on any atom is -0.253 e. The summed E-state index contributed by atoms with van der Waals surface area (Å²) in [5.74, 6) is 0.572. The second-order valence-corrected chi connectivity index (χ2v) is 3.88. The van der Waals surface area contributed by atoms with Gasteiger partial charge in [-0.25, -0.2) is 0 Å². The molecule has 2 rings (SSSR count). The number of benzene rings is 1. The predicted molar refractivity (Wildman–Crippen MR) is 61.1 cm³/mol. The quantitative estimate of drug-likeness (QED) is 0.632. The van der Waals surface area contributed by atoms with Crippen LogP contribution in [0, 0.1) is 5.92 Å². The van der Waals surface area contributed by atoms with Crippen molar-refractivity contribution < 1.29 is 0 Å². The van der Waals surface area contributed by atoms with Crippen LogP contribution < -0.4 is 0 Å². The minimum absolute atomic E-state index is 0.572. The van der Waals surface area contributed by atoms with Crippen LogP contribution in [-0.2, 0) is 0 Å². The van der Waals surface area contributed by atoms with Crippen molar-refractivity contribution in [3.8, 4) is 0 Å². The van der Waals surface area contributed by atoms with E-state index >= 15 is 0 Å². The number of allylic oxidation sites excluding steroid dienone is 1. The van der Waals surface area contributed by atoms with Gasteiger partial charge in [0.2, 0.25) is 0 Å². The van der Waals surface area contributed by atoms with Gasteiger partial charge in [0, 0.05) is 5.71 Å². The molecule has 0 radical (unpaired) electrons. The van der Waals surface area contributed by atoms with Crippen LogP contribution in [-0.4, -0.2) is 5.71 Å². The third-order valence-electron chi connectivity index (χ3n) is 2.71. The predicted octanol–water partition coefficient (Wildman–Crippen LogP) is 3.75. The molecule has 14 heavy (non-hydrogen) atoms. The molecule has 1 aliphatic rings. The molecule has 1 aromatic carbocycles. The molecular formula is C13H15N. The Bertz CT molecular complexity index is 362. The van der Waals surface area contributed by atoms with E-state index in [0.29, 0.717) is 5.92 Å². The molecule has 0 heterocycles. The zero-order valence-electron chi connectivity index (χ0n) is 8.53. The van der Waals surface area contributed by atoms with Crippen molar-refractivity contribution in [2.75, 3.05) is 0 Å². The van der Waals surface area contributed by atoms with Gasteiger partial charge in [0.1, 0.15) is 0 Å². The van der Waals surface area contributed by atoms with Gasteiger partial charge in [0.05, 0.1) is 5.69 Å². The Kier molecular flexibility index (Phi) is 2.49. The standard InChI is InChI=1S/C13H15N/c1-10-8-9-11(2)13(10)14-12-6-4-3-5-7-12/h3-7,11H,1,8-9H2,2H3. The number of para-hydroxylation sites is 1. The molecule has 0 bridgehead atoms. The van der Waals surface area contributed by atoms with E-state index in [0.717, 1.165) is 12.1 Å². The fraction of sp³-hybridized carbons (Fsp3) is 0.308. The number of aliphatic imine (C=N–C) groups is 1. The Morgan fingerprint density at radius 1 is 1.29 bits per heavy atom. The van der Waals surface area contributed by atoms with Gasteiger partial charge < -0.3 is 0 Å². The van der Waals surface area contributed by atoms with Crippen LogP contribution in [0.2, 0.25) is 0 Å². The molecule has 0 amide bonds. The lowest BCUT2D eigenvalue weighted by Gasteiger charge is -2.03. The van der Waals surface area contributed by atoms with Crippen LogP contribution in [0.5, 0.6) is 0 Å². The summed E-state index contributed by atoms with van der Waals surface area (Å²) in [7, 11) is 0. The first-order valence-corrected chi connectivity index (χ1v) is 5.09. The average molecular weight is 185 g/mol. The average Bonchev–Trinajstić information content (AvgIpc) is 2.51. The molecule has 0 N–H and O–H groups in total. The first-order valence-electron chi connectivity index (χ1n) is 5.09. The zero-order chi connectivity index (χ0) is 9.97. The van der Waals surface area contributed by atoms with E-state index < -0.39 is 0 Å². The number of hydrogen-bond acceptors (Lipinski definition) is 1. The zero-order valence-corrected chi connectivity index (χ0v) is 8.53. The molecule has 72 valence electrons. The Morgan fingerprint density at radius 2 is 2.00 bits per heavy atom. The fourth-order valence-electron chi connectivity index (χ4n) is 1.83. The Morgan fingerprint density at radius 3 is 2.57 bits per heavy atom. The highest BCUT2D eigenvalue weighted by Crippen LogP contribution is 2.28. The van der Waals surface area contributed by atoms with E-state index in [-0.39, 0.29) is 0 Å². The molecule has 1 heteroatoms. The summed E-state index contributed by atoms with van der Waals surface area (Å²) in [6, 6.07) is 10.1. The van der Waals surface area contributed by atoms with Crippen LogP contribution in [0.25, 0.3) is 0 Å². The summed E-state index contributed by atoms with van der Waals surface area (Å²) in [6.45, 7) is 6.27. The molecular weight excluding hydrogens is 170 g/mol. The van der Waals surface area contributed by atoms with Gasteiger partial charge in [-0.15, -0.1) is 0 Å². The highest BCUT2D eigenvalue weighted by molar-refractivity contribution is 6.04. The van der Waals surface area contributed by atoms with E-state index in [1.807, 2.05) is 30.3 Å². The van der Waals surface area contributed by atoms with Gasteiger partial charge in [0.15, 0.2) is 0 Å². The van der Waals surface area contributed by atoms with Gasteiger partial charge in [-0.3, -0.25) is 4.99 Å². The molecule has 0 spiro atoms. The highest BCUT2D eigenvalue weighted by Gasteiger charge is 2.21. The Labute approximate surface area is 85.2 Å². The first-order chi connectivity index (χ1) is 6.77. The van der Waals surface area contributed by atoms with E-state index in [2.05, 4.69) is 18.5 Å². The van der Waals surface area contributed by atoms with Crippen LogP contribution >= 0.6 is 0 Å². The third-order valence-corrected chi connectivity index (χ3v) is 2.71. The SMILES string of the molecule is C=C1CCC(C)C1=Nc1ccccc1. The molecule has 0 saturated heterocycles. The maximum absolute atomic E-state index is 4.64. The van der Waals surface area contributed by atoms with Crippen molar-refractivity contribution in [2.24, 2.45) is 10.9 Å². The summed E-state index contributed by atoms with van der Waals surface area (Å²) in [4.78, 5) is 4.64. The topological polar surface area (TPSA) is 12.4 Å². The van der Waals surface area contributed by atoms with E-state index in [9.17, 15) is 0 Å². The van der Waals surface area contributed by atoms with E-state index in [4.69, 9.17) is 0 Å². The van der Waals surface area contributed by atoms with E-state index in [1.165, 1.54) is 17.7 Å². The fourth-order valence-corrected chi connectivity index (χ4v) is 1.83. The normalized spacial score (nSPS) is 24.5. The number of nitrogens with zero attached hydrogens (tertiary/aromatic N) is 1. The molecule has 1 aromatic rings. The second-order valence-electron chi connectivity index (χ2n) is 3.88. The first kappa shape index (κ1) is 9.20. The van der Waals surface area contributed by atoms with Crippen molar-refractivity contribution in [1.29, 1.82) is 0 Å². The summed E-state index contributed by atoms with van der Waals surface area (Å²) >= 11 is 0. The van der Waals surface area contributed by atoms with Crippen LogP contribution in [0.1, 0.15) is 19.8 Å². The molecule has 1 nitrogen and oxygen atoms in total. The number of hydrogen-bond donors (Lipinski definition) is 0. The molecule has 0 aromatic heterocycles. The number of rotatable bonds is 1. The van der Waals surface area contributed by atoms with Crippen molar-refractivity contribution in [2.45, 2.75) is 19.8 Å². The smallest absolute Gasteiger partial charge is 0.0633 e. The maximum Gasteiger partial charge on any atom is 0.0633 e. The Hall–Kier alpha value is -1.37. The van der Waals surface area contributed by atoms with E-state index in [1.54, 1.807) is 0 Å². The van der Waals surface area contributed by atoms with Crippen LogP contribution in [0.15, 0.2) is 47.5 Å². The van der Waals surface area contributed by atoms with Crippen molar-refractivity contribution in [3.05, 3.63) is 42.5 Å². The molecule has 1 fully saturated rings. The van der Waals surface area contributed by atoms with Crippen LogP contribution in [0.3, 0.4) is 0 Å². The lowest BCUT2D eigenvalue weighted by atomic mass is 10.1. The summed E-state index contributed by atoms with van der Waals surface area (Å²) in [5, 5.41) is 0. The molecule has 1 aliphatic carbocycles. The third kappa shape index (κ3) is 1.77.